The van der Waals surface area contributed by atoms with Gasteiger partial charge in [-0.3, -0.25) is 0 Å². The second-order valence-electron chi connectivity index (χ2n) is 4.70. The van der Waals surface area contributed by atoms with Crippen molar-refractivity contribution in [1.29, 1.82) is 0 Å². The first-order valence-corrected chi connectivity index (χ1v) is 6.90. The van der Waals surface area contributed by atoms with Crippen molar-refractivity contribution >= 4 is 0 Å². The first-order chi connectivity index (χ1) is 8.76. The molecule has 0 bridgehead atoms. The van der Waals surface area contributed by atoms with Crippen LogP contribution in [0, 0.1) is 17.8 Å². The fourth-order valence-electron chi connectivity index (χ4n) is 1.91. The molecule has 0 aliphatic heterocycles. The molecule has 1 rings (SSSR count). The molecule has 0 heterocycles. The largest absolute Gasteiger partial charge is 0.494 e. The normalized spacial score (nSPS) is 11.5. The third kappa shape index (κ3) is 5.77. The second kappa shape index (κ2) is 8.64. The summed E-state index contributed by atoms with van der Waals surface area (Å²) in [5.41, 5.74) is 1.33. The van der Waals surface area contributed by atoms with Gasteiger partial charge in [-0.2, -0.15) is 0 Å². The molecule has 0 aliphatic carbocycles. The lowest BCUT2D eigenvalue weighted by Gasteiger charge is -2.08. The monoisotopic (exact) mass is 244 g/mol. The van der Waals surface area contributed by atoms with Crippen molar-refractivity contribution in [3.8, 4) is 17.6 Å². The van der Waals surface area contributed by atoms with Crippen molar-refractivity contribution in [3.05, 3.63) is 29.8 Å². The predicted molar refractivity (Wildman–Crippen MR) is 77.8 cm³/mol. The van der Waals surface area contributed by atoms with E-state index in [0.29, 0.717) is 5.92 Å². The SMILES string of the molecule is CC#CC(C)Cc1ccc(OCCCCC)cc1. The van der Waals surface area contributed by atoms with Crippen LogP contribution in [-0.4, -0.2) is 6.61 Å². The van der Waals surface area contributed by atoms with Gasteiger partial charge in [-0.25, -0.2) is 0 Å². The summed E-state index contributed by atoms with van der Waals surface area (Å²) in [6, 6.07) is 8.41. The van der Waals surface area contributed by atoms with Crippen LogP contribution < -0.4 is 4.74 Å². The smallest absolute Gasteiger partial charge is 0.119 e. The van der Waals surface area contributed by atoms with Crippen molar-refractivity contribution in [2.24, 2.45) is 5.92 Å². The van der Waals surface area contributed by atoms with Crippen molar-refractivity contribution in [1.82, 2.24) is 0 Å². The maximum absolute atomic E-state index is 5.69. The average molecular weight is 244 g/mol. The number of ether oxygens (including phenoxy) is 1. The number of rotatable bonds is 7. The van der Waals surface area contributed by atoms with Crippen molar-refractivity contribution in [2.45, 2.75) is 46.5 Å². The van der Waals surface area contributed by atoms with Gasteiger partial charge >= 0.3 is 0 Å². The van der Waals surface area contributed by atoms with E-state index in [1.807, 2.05) is 6.92 Å². The Kier molecular flexibility index (Phi) is 7.03. The summed E-state index contributed by atoms with van der Waals surface area (Å²) >= 11 is 0. The second-order valence-corrected chi connectivity index (χ2v) is 4.70. The molecule has 1 atom stereocenters. The molecule has 0 amide bonds. The summed E-state index contributed by atoms with van der Waals surface area (Å²) in [7, 11) is 0. The summed E-state index contributed by atoms with van der Waals surface area (Å²) in [5, 5.41) is 0. The molecule has 0 radical (unpaired) electrons. The molecule has 0 spiro atoms. The van der Waals surface area contributed by atoms with Crippen LogP contribution in [0.3, 0.4) is 0 Å². The zero-order valence-corrected chi connectivity index (χ0v) is 11.8. The van der Waals surface area contributed by atoms with Crippen LogP contribution in [0.2, 0.25) is 0 Å². The minimum atomic E-state index is 0.423. The fourth-order valence-corrected chi connectivity index (χ4v) is 1.91. The van der Waals surface area contributed by atoms with Crippen LogP contribution in [0.5, 0.6) is 5.75 Å². The van der Waals surface area contributed by atoms with E-state index in [0.717, 1.165) is 25.2 Å². The Morgan fingerprint density at radius 1 is 1.17 bits per heavy atom. The number of unbranched alkanes of at least 4 members (excludes halogenated alkanes) is 2. The lowest BCUT2D eigenvalue weighted by Crippen LogP contribution is -1.99. The summed E-state index contributed by atoms with van der Waals surface area (Å²) in [6.07, 6.45) is 4.63. The third-order valence-corrected chi connectivity index (χ3v) is 2.87. The molecule has 1 aromatic carbocycles. The highest BCUT2D eigenvalue weighted by Crippen LogP contribution is 2.15. The lowest BCUT2D eigenvalue weighted by atomic mass is 10.0. The summed E-state index contributed by atoms with van der Waals surface area (Å²) in [6.45, 7) is 7.08. The molecule has 0 aromatic heterocycles. The summed E-state index contributed by atoms with van der Waals surface area (Å²) in [5.74, 6) is 7.54. The Morgan fingerprint density at radius 2 is 1.89 bits per heavy atom. The first kappa shape index (κ1) is 14.6. The van der Waals surface area contributed by atoms with Gasteiger partial charge in [0.25, 0.3) is 0 Å². The van der Waals surface area contributed by atoms with Gasteiger partial charge < -0.3 is 4.74 Å². The van der Waals surface area contributed by atoms with E-state index in [4.69, 9.17) is 4.74 Å². The van der Waals surface area contributed by atoms with E-state index in [-0.39, 0.29) is 0 Å². The molecule has 1 heteroatoms. The maximum Gasteiger partial charge on any atom is 0.119 e. The van der Waals surface area contributed by atoms with E-state index in [2.05, 4.69) is 50.0 Å². The minimum absolute atomic E-state index is 0.423. The Labute approximate surface area is 112 Å². The van der Waals surface area contributed by atoms with Gasteiger partial charge in [0.2, 0.25) is 0 Å². The fraction of sp³-hybridized carbons (Fsp3) is 0.529. The molecular formula is C17H24O. The van der Waals surface area contributed by atoms with Gasteiger partial charge in [0, 0.05) is 5.92 Å². The van der Waals surface area contributed by atoms with E-state index >= 15 is 0 Å². The lowest BCUT2D eigenvalue weighted by molar-refractivity contribution is 0.306. The third-order valence-electron chi connectivity index (χ3n) is 2.87. The highest BCUT2D eigenvalue weighted by Gasteiger charge is 2.00. The quantitative estimate of drug-likeness (QED) is 0.508. The van der Waals surface area contributed by atoms with E-state index in [1.165, 1.54) is 18.4 Å². The summed E-state index contributed by atoms with van der Waals surface area (Å²) in [4.78, 5) is 0. The van der Waals surface area contributed by atoms with Gasteiger partial charge in [-0.15, -0.1) is 11.8 Å². The number of hydrogen-bond acceptors (Lipinski definition) is 1. The molecule has 1 aromatic rings. The minimum Gasteiger partial charge on any atom is -0.494 e. The van der Waals surface area contributed by atoms with Gasteiger partial charge in [0.05, 0.1) is 6.61 Å². The van der Waals surface area contributed by atoms with Gasteiger partial charge in [0.15, 0.2) is 0 Å². The molecule has 0 aliphatic rings. The Hall–Kier alpha value is -1.42. The zero-order valence-electron chi connectivity index (χ0n) is 11.8. The molecule has 0 N–H and O–H groups in total. The van der Waals surface area contributed by atoms with Crippen molar-refractivity contribution < 1.29 is 4.74 Å². The Balaban J connectivity index is 2.39. The van der Waals surface area contributed by atoms with Crippen LogP contribution in [-0.2, 0) is 6.42 Å². The molecule has 0 saturated heterocycles. The maximum atomic E-state index is 5.69. The number of hydrogen-bond donors (Lipinski definition) is 0. The molecule has 1 unspecified atom stereocenters. The van der Waals surface area contributed by atoms with Crippen LogP contribution in [0.25, 0.3) is 0 Å². The van der Waals surface area contributed by atoms with Crippen molar-refractivity contribution in [2.75, 3.05) is 6.61 Å². The molecule has 0 fully saturated rings. The van der Waals surface area contributed by atoms with Crippen LogP contribution in [0.4, 0.5) is 0 Å². The van der Waals surface area contributed by atoms with E-state index in [9.17, 15) is 0 Å². The number of benzene rings is 1. The average Bonchev–Trinajstić information content (AvgIpc) is 2.37. The summed E-state index contributed by atoms with van der Waals surface area (Å²) < 4.78 is 5.69. The molecule has 0 saturated carbocycles. The Bertz CT molecular complexity index is 380. The van der Waals surface area contributed by atoms with E-state index < -0.39 is 0 Å². The van der Waals surface area contributed by atoms with Gasteiger partial charge in [-0.05, 0) is 37.5 Å². The van der Waals surface area contributed by atoms with Crippen LogP contribution in [0.1, 0.15) is 45.6 Å². The standard InChI is InChI=1S/C17H24O/c1-4-6-7-13-18-17-11-9-16(10-12-17)14-15(3)8-5-2/h9-12,15H,4,6-7,13-14H2,1-3H3. The van der Waals surface area contributed by atoms with Crippen LogP contribution >= 0.6 is 0 Å². The molecule has 18 heavy (non-hydrogen) atoms. The molecule has 98 valence electrons. The predicted octanol–water partition coefficient (Wildman–Crippen LogP) is 4.46. The highest BCUT2D eigenvalue weighted by atomic mass is 16.5. The van der Waals surface area contributed by atoms with Crippen LogP contribution in [0.15, 0.2) is 24.3 Å². The highest BCUT2D eigenvalue weighted by molar-refractivity contribution is 5.28. The molecular weight excluding hydrogens is 220 g/mol. The van der Waals surface area contributed by atoms with Crippen molar-refractivity contribution in [3.63, 3.8) is 0 Å². The van der Waals surface area contributed by atoms with Gasteiger partial charge in [0.1, 0.15) is 5.75 Å². The Morgan fingerprint density at radius 3 is 2.50 bits per heavy atom. The topological polar surface area (TPSA) is 9.23 Å². The molecule has 1 nitrogen and oxygen atoms in total. The van der Waals surface area contributed by atoms with Gasteiger partial charge in [-0.1, -0.05) is 38.8 Å². The first-order valence-electron chi connectivity index (χ1n) is 6.90. The zero-order chi connectivity index (χ0) is 13.2. The van der Waals surface area contributed by atoms with E-state index in [1.54, 1.807) is 0 Å².